The molecule has 6 heteroatoms. The van der Waals surface area contributed by atoms with E-state index in [4.69, 9.17) is 9.47 Å². The predicted octanol–water partition coefficient (Wildman–Crippen LogP) is 4.56. The van der Waals surface area contributed by atoms with E-state index < -0.39 is 11.6 Å². The molecule has 1 atom stereocenters. The summed E-state index contributed by atoms with van der Waals surface area (Å²) in [4.78, 5) is 12.9. The average Bonchev–Trinajstić information content (AvgIpc) is 3.03. The minimum absolute atomic E-state index is 0.0385. The first-order valence-corrected chi connectivity index (χ1v) is 10.5. The van der Waals surface area contributed by atoms with E-state index in [-0.39, 0.29) is 11.5 Å². The van der Waals surface area contributed by atoms with Gasteiger partial charge in [0.05, 0.1) is 11.1 Å². The van der Waals surface area contributed by atoms with Crippen molar-refractivity contribution in [3.05, 3.63) is 82.4 Å². The van der Waals surface area contributed by atoms with E-state index in [2.05, 4.69) is 12.2 Å². The van der Waals surface area contributed by atoms with Gasteiger partial charge in [-0.05, 0) is 42.8 Å². The Bertz CT molecular complexity index is 1190. The number of benzene rings is 3. The SMILES string of the molecule is CCCCNCc1cc(O)cc2c1C1(OC(=O)c3ccccc31)c1ccc(O)cc1O2. The van der Waals surface area contributed by atoms with E-state index in [0.29, 0.717) is 34.7 Å². The van der Waals surface area contributed by atoms with Crippen molar-refractivity contribution < 1.29 is 24.5 Å². The van der Waals surface area contributed by atoms with Gasteiger partial charge in [0.15, 0.2) is 5.60 Å². The second-order valence-electron chi connectivity index (χ2n) is 7.91. The lowest BCUT2D eigenvalue weighted by atomic mass is 9.75. The standard InChI is InChI=1S/C25H23NO5/c1-2-3-10-26-14-15-11-17(28)13-22-23(15)25(20-9-8-16(27)12-21(20)30-22)19-7-5-4-6-18(19)24(29)31-25/h4-9,11-13,26-28H,2-3,10,14H2,1H3. The van der Waals surface area contributed by atoms with Gasteiger partial charge < -0.3 is 25.0 Å². The number of esters is 1. The molecule has 0 aliphatic carbocycles. The molecule has 1 unspecified atom stereocenters. The Morgan fingerprint density at radius 3 is 2.61 bits per heavy atom. The van der Waals surface area contributed by atoms with Gasteiger partial charge in [0.25, 0.3) is 0 Å². The number of carbonyl (C=O) groups excluding carboxylic acids is 1. The van der Waals surface area contributed by atoms with Crippen LogP contribution in [0.3, 0.4) is 0 Å². The lowest BCUT2D eigenvalue weighted by molar-refractivity contribution is 0.0221. The van der Waals surface area contributed by atoms with Gasteiger partial charge in [-0.15, -0.1) is 0 Å². The maximum atomic E-state index is 12.9. The molecule has 0 amide bonds. The van der Waals surface area contributed by atoms with Crippen molar-refractivity contribution in [2.75, 3.05) is 6.54 Å². The number of carbonyl (C=O) groups is 1. The van der Waals surface area contributed by atoms with Crippen molar-refractivity contribution in [3.8, 4) is 23.0 Å². The number of phenols is 2. The van der Waals surface area contributed by atoms with Crippen LogP contribution in [0.5, 0.6) is 23.0 Å². The van der Waals surface area contributed by atoms with E-state index in [1.54, 1.807) is 30.3 Å². The third kappa shape index (κ3) is 2.94. The van der Waals surface area contributed by atoms with Gasteiger partial charge in [-0.3, -0.25) is 0 Å². The third-order valence-corrected chi connectivity index (χ3v) is 5.88. The molecule has 3 N–H and O–H groups in total. The van der Waals surface area contributed by atoms with Crippen LogP contribution in [0.1, 0.15) is 52.4 Å². The molecule has 2 aliphatic rings. The summed E-state index contributed by atoms with van der Waals surface area (Å²) in [5.74, 6) is 0.460. The summed E-state index contributed by atoms with van der Waals surface area (Å²) in [7, 11) is 0. The van der Waals surface area contributed by atoms with E-state index in [1.807, 2.05) is 12.1 Å². The first-order valence-electron chi connectivity index (χ1n) is 10.5. The number of ether oxygens (including phenoxy) is 2. The fourth-order valence-electron chi connectivity index (χ4n) is 4.54. The minimum atomic E-state index is -1.22. The largest absolute Gasteiger partial charge is 0.508 e. The maximum absolute atomic E-state index is 12.9. The van der Waals surface area contributed by atoms with E-state index >= 15 is 0 Å². The van der Waals surface area contributed by atoms with Crippen LogP contribution in [0.15, 0.2) is 54.6 Å². The van der Waals surface area contributed by atoms with Gasteiger partial charge in [-0.1, -0.05) is 31.5 Å². The molecule has 158 valence electrons. The third-order valence-electron chi connectivity index (χ3n) is 5.88. The van der Waals surface area contributed by atoms with Crippen LogP contribution < -0.4 is 10.1 Å². The highest BCUT2D eigenvalue weighted by atomic mass is 16.6. The average molecular weight is 417 g/mol. The molecule has 0 aromatic heterocycles. The van der Waals surface area contributed by atoms with Crippen molar-refractivity contribution in [2.24, 2.45) is 0 Å². The number of unbranched alkanes of at least 4 members (excludes halogenated alkanes) is 1. The predicted molar refractivity (Wildman–Crippen MR) is 115 cm³/mol. The Balaban J connectivity index is 1.77. The summed E-state index contributed by atoms with van der Waals surface area (Å²) < 4.78 is 12.3. The van der Waals surface area contributed by atoms with Gasteiger partial charge >= 0.3 is 5.97 Å². The zero-order chi connectivity index (χ0) is 21.6. The molecule has 0 radical (unpaired) electrons. The van der Waals surface area contributed by atoms with Crippen LogP contribution >= 0.6 is 0 Å². The van der Waals surface area contributed by atoms with Crippen molar-refractivity contribution in [2.45, 2.75) is 31.9 Å². The highest BCUT2D eigenvalue weighted by molar-refractivity contribution is 5.97. The minimum Gasteiger partial charge on any atom is -0.508 e. The molecule has 0 fully saturated rings. The molecule has 0 saturated carbocycles. The number of hydrogen-bond donors (Lipinski definition) is 3. The summed E-state index contributed by atoms with van der Waals surface area (Å²) >= 11 is 0. The van der Waals surface area contributed by atoms with Gasteiger partial charge in [-0.2, -0.15) is 0 Å². The van der Waals surface area contributed by atoms with Gasteiger partial charge in [0.2, 0.25) is 0 Å². The normalized spacial score (nSPS) is 18.2. The number of hydrogen-bond acceptors (Lipinski definition) is 6. The Hall–Kier alpha value is -3.51. The molecular weight excluding hydrogens is 394 g/mol. The van der Waals surface area contributed by atoms with Crippen LogP contribution in [-0.2, 0) is 16.9 Å². The summed E-state index contributed by atoms with van der Waals surface area (Å²) in [6.45, 7) is 3.44. The Morgan fingerprint density at radius 2 is 1.77 bits per heavy atom. The van der Waals surface area contributed by atoms with Crippen LogP contribution in [0.25, 0.3) is 0 Å². The smallest absolute Gasteiger partial charge is 0.340 e. The van der Waals surface area contributed by atoms with Gasteiger partial charge in [0.1, 0.15) is 23.0 Å². The van der Waals surface area contributed by atoms with Crippen molar-refractivity contribution in [1.82, 2.24) is 5.32 Å². The quantitative estimate of drug-likeness (QED) is 0.417. The van der Waals surface area contributed by atoms with Gasteiger partial charge in [-0.25, -0.2) is 4.79 Å². The highest BCUT2D eigenvalue weighted by Gasteiger charge is 2.54. The Morgan fingerprint density at radius 1 is 0.968 bits per heavy atom. The first kappa shape index (κ1) is 19.5. The number of fused-ring (bicyclic) bond motifs is 6. The summed E-state index contributed by atoms with van der Waals surface area (Å²) in [6.07, 6.45) is 2.10. The molecule has 3 aromatic rings. The molecule has 1 spiro atoms. The van der Waals surface area contributed by atoms with Gasteiger partial charge in [0, 0.05) is 29.8 Å². The zero-order valence-electron chi connectivity index (χ0n) is 17.1. The number of phenolic OH excluding ortho intramolecular Hbond substituents is 2. The Labute approximate surface area is 180 Å². The molecule has 31 heavy (non-hydrogen) atoms. The second kappa shape index (κ2) is 7.32. The maximum Gasteiger partial charge on any atom is 0.340 e. The molecule has 5 rings (SSSR count). The topological polar surface area (TPSA) is 88.0 Å². The van der Waals surface area contributed by atoms with Crippen LogP contribution in [0.2, 0.25) is 0 Å². The highest BCUT2D eigenvalue weighted by Crippen LogP contribution is 2.58. The second-order valence-corrected chi connectivity index (χ2v) is 7.91. The fourth-order valence-corrected chi connectivity index (χ4v) is 4.54. The monoisotopic (exact) mass is 417 g/mol. The molecule has 0 saturated heterocycles. The number of aromatic hydroxyl groups is 2. The van der Waals surface area contributed by atoms with Crippen molar-refractivity contribution in [1.29, 1.82) is 0 Å². The fraction of sp³-hybridized carbons (Fsp3) is 0.240. The first-order chi connectivity index (χ1) is 15.0. The molecule has 3 aromatic carbocycles. The van der Waals surface area contributed by atoms with Crippen LogP contribution in [0.4, 0.5) is 0 Å². The lowest BCUT2D eigenvalue weighted by Gasteiger charge is -2.38. The molecule has 2 aliphatic heterocycles. The number of rotatable bonds is 5. The zero-order valence-corrected chi connectivity index (χ0v) is 17.1. The van der Waals surface area contributed by atoms with E-state index in [9.17, 15) is 15.0 Å². The van der Waals surface area contributed by atoms with E-state index in [1.165, 1.54) is 12.1 Å². The number of nitrogens with one attached hydrogen (secondary N) is 1. The molecule has 0 bridgehead atoms. The lowest BCUT2D eigenvalue weighted by Crippen LogP contribution is -2.35. The van der Waals surface area contributed by atoms with Crippen molar-refractivity contribution >= 4 is 5.97 Å². The van der Waals surface area contributed by atoms with Crippen LogP contribution in [-0.4, -0.2) is 22.7 Å². The molecular formula is C25H23NO5. The van der Waals surface area contributed by atoms with Crippen LogP contribution in [0, 0.1) is 0 Å². The summed E-state index contributed by atoms with van der Waals surface area (Å²) in [5, 5.41) is 23.8. The summed E-state index contributed by atoms with van der Waals surface area (Å²) in [5.41, 5.74) is 2.10. The van der Waals surface area contributed by atoms with Crippen molar-refractivity contribution in [3.63, 3.8) is 0 Å². The Kier molecular flexibility index (Phi) is 4.59. The molecule has 6 nitrogen and oxygen atoms in total. The van der Waals surface area contributed by atoms with E-state index in [0.717, 1.165) is 30.5 Å². The summed E-state index contributed by atoms with van der Waals surface area (Å²) in [6, 6.07) is 15.3. The molecule has 2 heterocycles.